The van der Waals surface area contributed by atoms with E-state index in [2.05, 4.69) is 24.5 Å². The highest BCUT2D eigenvalue weighted by atomic mass is 16.8. The van der Waals surface area contributed by atoms with Crippen molar-refractivity contribution in [2.75, 3.05) is 39.6 Å². The lowest BCUT2D eigenvalue weighted by atomic mass is 9.94. The van der Waals surface area contributed by atoms with Crippen molar-refractivity contribution in [3.63, 3.8) is 0 Å². The first-order valence-electron chi connectivity index (χ1n) is 40.8. The zero-order valence-electron chi connectivity index (χ0n) is 64.9. The molecular weight excluding hydrogens is 1450 g/mol. The van der Waals surface area contributed by atoms with Gasteiger partial charge in [-0.25, -0.2) is 0 Å². The van der Waals surface area contributed by atoms with Gasteiger partial charge in [0.2, 0.25) is 11.8 Å². The van der Waals surface area contributed by atoms with E-state index in [1.807, 2.05) is 6.08 Å². The number of rotatable bonds is 52. The average Bonchev–Trinajstić information content (AvgIpc) is 0.765. The normalized spacial score (nSPS) is 37.7. The van der Waals surface area contributed by atoms with Crippen molar-refractivity contribution in [3.05, 3.63) is 12.2 Å². The molecule has 0 spiro atoms. The summed E-state index contributed by atoms with van der Waals surface area (Å²) < 4.78 is 71.8. The molecule has 6 heterocycles. The molecule has 0 aliphatic carbocycles. The van der Waals surface area contributed by atoms with E-state index >= 15 is 0 Å². The van der Waals surface area contributed by atoms with E-state index in [1.54, 1.807) is 6.08 Å². The van der Waals surface area contributed by atoms with Gasteiger partial charge in [0.15, 0.2) is 37.7 Å². The number of hydrogen-bond donors (Lipinski definition) is 20. The highest BCUT2D eigenvalue weighted by Crippen LogP contribution is 2.39. The minimum absolute atomic E-state index is 0.172. The van der Waals surface area contributed by atoms with E-state index in [0.717, 1.165) is 58.3 Å². The molecule has 20 N–H and O–H groups in total. The van der Waals surface area contributed by atoms with Crippen LogP contribution in [0.3, 0.4) is 0 Å². The van der Waals surface area contributed by atoms with Crippen LogP contribution in [0.4, 0.5) is 0 Å². The number of carbonyl (C=O) groups is 2. The Morgan fingerprint density at radius 2 is 0.745 bits per heavy atom. The van der Waals surface area contributed by atoms with E-state index in [-0.39, 0.29) is 12.3 Å². The number of nitrogens with one attached hydrogen (secondary N) is 2. The van der Waals surface area contributed by atoms with Crippen molar-refractivity contribution in [2.24, 2.45) is 0 Å². The molecule has 32 atom stereocenters. The Labute approximate surface area is 646 Å². The monoisotopic (exact) mass is 1590 g/mol. The number of carbonyl (C=O) groups excluding carboxylic acids is 2. The topological polar surface area (TPSA) is 533 Å². The third-order valence-electron chi connectivity index (χ3n) is 21.8. The fraction of sp³-hybridized carbons (Fsp3) is 0.947. The van der Waals surface area contributed by atoms with Crippen molar-refractivity contribution in [1.29, 1.82) is 0 Å². The predicted molar refractivity (Wildman–Crippen MR) is 390 cm³/mol. The number of aliphatic hydroxyl groups excluding tert-OH is 18. The highest BCUT2D eigenvalue weighted by molar-refractivity contribution is 5.76. The van der Waals surface area contributed by atoms with E-state index < -0.39 is 242 Å². The van der Waals surface area contributed by atoms with Gasteiger partial charge in [0, 0.05) is 13.3 Å². The molecule has 0 radical (unpaired) electrons. The van der Waals surface area contributed by atoms with Gasteiger partial charge in [-0.15, -0.1) is 0 Å². The summed E-state index contributed by atoms with van der Waals surface area (Å²) in [4.78, 5) is 26.8. The van der Waals surface area contributed by atoms with Gasteiger partial charge in [-0.05, 0) is 26.2 Å². The molecule has 6 fully saturated rings. The van der Waals surface area contributed by atoms with Gasteiger partial charge in [-0.3, -0.25) is 9.59 Å². The Morgan fingerprint density at radius 1 is 0.373 bits per heavy atom. The fourth-order valence-corrected chi connectivity index (χ4v) is 15.0. The zero-order chi connectivity index (χ0) is 80.4. The van der Waals surface area contributed by atoms with Crippen molar-refractivity contribution < 1.29 is 158 Å². The van der Waals surface area contributed by atoms with Gasteiger partial charge >= 0.3 is 0 Å². The predicted octanol–water partition coefficient (Wildman–Crippen LogP) is -0.760. The van der Waals surface area contributed by atoms with Gasteiger partial charge in [-0.2, -0.15) is 0 Å². The molecule has 0 aromatic rings. The molecule has 12 unspecified atom stereocenters. The second-order valence-corrected chi connectivity index (χ2v) is 30.6. The Balaban J connectivity index is 1.14. The maximum absolute atomic E-state index is 13.6. The minimum Gasteiger partial charge on any atom is -0.394 e. The number of unbranched alkanes of at least 4 members (excludes halogenated alkanes) is 27. The second kappa shape index (κ2) is 51.6. The Morgan fingerprint density at radius 3 is 1.25 bits per heavy atom. The largest absolute Gasteiger partial charge is 0.394 e. The quantitative estimate of drug-likeness (QED) is 0.0263. The van der Waals surface area contributed by atoms with Crippen molar-refractivity contribution in [1.82, 2.24) is 10.6 Å². The van der Waals surface area contributed by atoms with Gasteiger partial charge in [0.25, 0.3) is 0 Å². The summed E-state index contributed by atoms with van der Waals surface area (Å²) in [6.45, 7) is 1.21. The highest BCUT2D eigenvalue weighted by Gasteiger charge is 2.59. The summed E-state index contributed by atoms with van der Waals surface area (Å²) in [5.74, 6) is -1.25. The Hall–Kier alpha value is -2.52. The minimum atomic E-state index is -2.24. The van der Waals surface area contributed by atoms with Crippen LogP contribution in [0, 0.1) is 0 Å². The number of allylic oxidation sites excluding steroid dienone is 1. The molecule has 34 nitrogen and oxygen atoms in total. The number of ether oxygens (including phenoxy) is 12. The zero-order valence-corrected chi connectivity index (χ0v) is 64.9. The first-order chi connectivity index (χ1) is 52.9. The van der Waals surface area contributed by atoms with Crippen LogP contribution in [0.2, 0.25) is 0 Å². The lowest BCUT2D eigenvalue weighted by Crippen LogP contribution is -2.71. The Kier molecular flexibility index (Phi) is 45.2. The summed E-state index contributed by atoms with van der Waals surface area (Å²) in [7, 11) is 0. The first-order valence-corrected chi connectivity index (χ1v) is 40.8. The maximum atomic E-state index is 13.6. The molecule has 6 rings (SSSR count). The van der Waals surface area contributed by atoms with Crippen LogP contribution >= 0.6 is 0 Å². The second-order valence-electron chi connectivity index (χ2n) is 30.6. The molecule has 2 amide bonds. The summed E-state index contributed by atoms with van der Waals surface area (Å²) in [5.41, 5.74) is 0. The van der Waals surface area contributed by atoms with Crippen LogP contribution in [0.5, 0.6) is 0 Å². The van der Waals surface area contributed by atoms with E-state index in [1.165, 1.54) is 129 Å². The van der Waals surface area contributed by atoms with Crippen molar-refractivity contribution in [2.45, 2.75) is 417 Å². The van der Waals surface area contributed by atoms with Crippen LogP contribution < -0.4 is 10.6 Å². The summed E-state index contributed by atoms with van der Waals surface area (Å²) in [6, 6.07) is -2.97. The summed E-state index contributed by atoms with van der Waals surface area (Å²) in [5, 5.41) is 206. The molecule has 0 aromatic carbocycles. The summed E-state index contributed by atoms with van der Waals surface area (Å²) in [6.07, 6.45) is -20.5. The van der Waals surface area contributed by atoms with Crippen LogP contribution in [-0.2, 0) is 66.4 Å². The van der Waals surface area contributed by atoms with Gasteiger partial charge in [-0.1, -0.05) is 193 Å². The van der Waals surface area contributed by atoms with Crippen molar-refractivity contribution >= 4 is 11.8 Å². The average molecular weight is 1590 g/mol. The smallest absolute Gasteiger partial charge is 0.220 e. The number of hydrogen-bond acceptors (Lipinski definition) is 32. The Bertz CT molecular complexity index is 2490. The number of amides is 2. The standard InChI is InChI=1S/C76H138N2O32/c1-5-7-9-11-13-15-17-19-20-21-22-24-26-28-30-32-34-36-52(86)78-45(46(85)35-33-31-29-27-25-23-18-16-14-12-10-8-6-2)42-99-72-64(97)61(94)66(51(41-83)105-72)106-75-65(98)68(57(90)49(39-81)103-75)108-71-53(77-44(4)84)67(56(89)48(38-80)101-71)107-76-70(110-73-62(95)59(92)54(87)43(3)100-73)69(58(91)50(40-82)104-76)109-74-63(96)60(93)55(88)47(37-79)102-74/h33,35,43,45-51,53-76,79-83,85,87-98H,5-32,34,36-42H2,1-4H3,(H,77,84)(H,78,86)/b35-33+/t43?,45-,46+,47?,48?,49?,50?,51?,53?,54+,55-,56+,57-,58-,59?,60-,61+,62-,63?,64?,65?,66+,67+,68-,69-,70?,71-,72+,73+,74+,75-,76-/m0/s1. The molecule has 6 aliphatic rings. The molecule has 0 bridgehead atoms. The van der Waals surface area contributed by atoms with Crippen LogP contribution in [0.25, 0.3) is 0 Å². The van der Waals surface area contributed by atoms with Gasteiger partial charge in [0.05, 0.1) is 57.9 Å². The summed E-state index contributed by atoms with van der Waals surface area (Å²) >= 11 is 0. The van der Waals surface area contributed by atoms with Gasteiger partial charge in [0.1, 0.15) is 140 Å². The number of aliphatic hydroxyl groups is 18. The van der Waals surface area contributed by atoms with Crippen LogP contribution in [0.1, 0.15) is 220 Å². The molecule has 644 valence electrons. The molecular formula is C76H138N2O32. The van der Waals surface area contributed by atoms with E-state index in [9.17, 15) is 102 Å². The van der Waals surface area contributed by atoms with Crippen LogP contribution in [0.15, 0.2) is 12.2 Å². The molecule has 6 saturated heterocycles. The SMILES string of the molecule is CCCCCCCCCCCCC/C=C/[C@@H](O)[C@H](CO[C@@H]1OC(CO)[C@@H](O[C@@H]2OC(CO)[C@H](O)[C@H](O[C@@H]3OC(CO)[C@@H](O)[C@H](O[C@@H]4OC(CO)[C@H](O)[C@H](O[C@H]5OC(CO)[C@H](O)[C@H](O)C5O)C4O[C@H]4OC(C)[C@@H](O)C(O)[C@@H]4O)C3NC(C)=O)C2O)[C@H](O)C1O)NC(=O)CCCCCCCCCCCCCCCCCCC. The van der Waals surface area contributed by atoms with E-state index in [0.29, 0.717) is 12.8 Å². The van der Waals surface area contributed by atoms with Crippen LogP contribution in [-0.4, -0.2) is 340 Å². The molecule has 6 aliphatic heterocycles. The molecule has 0 saturated carbocycles. The molecule has 34 heteroatoms. The van der Waals surface area contributed by atoms with E-state index in [4.69, 9.17) is 56.8 Å². The van der Waals surface area contributed by atoms with Crippen molar-refractivity contribution in [3.8, 4) is 0 Å². The third-order valence-corrected chi connectivity index (χ3v) is 21.8. The first kappa shape index (κ1) is 96.3. The molecule has 0 aromatic heterocycles. The maximum Gasteiger partial charge on any atom is 0.220 e. The molecule has 110 heavy (non-hydrogen) atoms. The third kappa shape index (κ3) is 29.2. The fourth-order valence-electron chi connectivity index (χ4n) is 15.0. The lowest BCUT2D eigenvalue weighted by Gasteiger charge is -2.51. The van der Waals surface area contributed by atoms with Gasteiger partial charge < -0.3 is 159 Å². The lowest BCUT2D eigenvalue weighted by molar-refractivity contribution is -0.404.